The Labute approximate surface area is 162 Å². The number of benzene rings is 2. The summed E-state index contributed by atoms with van der Waals surface area (Å²) in [5.41, 5.74) is 9.95. The summed E-state index contributed by atoms with van der Waals surface area (Å²) < 4.78 is 0. The van der Waals surface area contributed by atoms with Crippen LogP contribution in [0.4, 0.5) is 0 Å². The van der Waals surface area contributed by atoms with Gasteiger partial charge in [0.05, 0.1) is 5.41 Å². The molecule has 0 aromatic heterocycles. The Morgan fingerprint density at radius 3 is 2.56 bits per heavy atom. The first kappa shape index (κ1) is 16.6. The number of fused-ring (bicyclic) bond motifs is 2. The molecule has 2 unspecified atom stereocenters. The van der Waals surface area contributed by atoms with E-state index in [1.807, 2.05) is 0 Å². The second-order valence-corrected chi connectivity index (χ2v) is 8.17. The summed E-state index contributed by atoms with van der Waals surface area (Å²) in [6.07, 6.45) is 15.4. The van der Waals surface area contributed by atoms with Gasteiger partial charge in [0, 0.05) is 0 Å². The van der Waals surface area contributed by atoms with Crippen LogP contribution in [-0.4, -0.2) is 0 Å². The van der Waals surface area contributed by atoms with Crippen molar-refractivity contribution in [1.82, 2.24) is 0 Å². The van der Waals surface area contributed by atoms with Gasteiger partial charge in [-0.1, -0.05) is 91.4 Å². The summed E-state index contributed by atoms with van der Waals surface area (Å²) in [7, 11) is 0. The molecule has 0 nitrogen and oxygen atoms in total. The van der Waals surface area contributed by atoms with Crippen LogP contribution in [0, 0.1) is 12.8 Å². The quantitative estimate of drug-likeness (QED) is 0.551. The average Bonchev–Trinajstić information content (AvgIpc) is 3.01. The second kappa shape index (κ2) is 6.23. The van der Waals surface area contributed by atoms with E-state index in [-0.39, 0.29) is 5.41 Å². The van der Waals surface area contributed by atoms with Crippen LogP contribution in [0.2, 0.25) is 0 Å². The van der Waals surface area contributed by atoms with E-state index in [0.29, 0.717) is 5.92 Å². The van der Waals surface area contributed by atoms with E-state index in [4.69, 9.17) is 0 Å². The molecule has 2 aromatic rings. The Morgan fingerprint density at radius 2 is 1.78 bits per heavy atom. The number of aryl methyl sites for hydroxylation is 1. The van der Waals surface area contributed by atoms with Crippen molar-refractivity contribution >= 4 is 5.57 Å². The molecule has 2 atom stereocenters. The molecule has 0 saturated heterocycles. The zero-order valence-corrected chi connectivity index (χ0v) is 16.2. The van der Waals surface area contributed by atoms with E-state index in [2.05, 4.69) is 92.8 Å². The van der Waals surface area contributed by atoms with Crippen molar-refractivity contribution in [2.45, 2.75) is 38.5 Å². The van der Waals surface area contributed by atoms with Gasteiger partial charge in [-0.3, -0.25) is 0 Å². The summed E-state index contributed by atoms with van der Waals surface area (Å²) in [4.78, 5) is 0. The van der Waals surface area contributed by atoms with Crippen LogP contribution in [0.25, 0.3) is 5.57 Å². The molecule has 134 valence electrons. The third-order valence-electron chi connectivity index (χ3n) is 6.47. The predicted molar refractivity (Wildman–Crippen MR) is 115 cm³/mol. The van der Waals surface area contributed by atoms with Gasteiger partial charge in [-0.05, 0) is 65.5 Å². The van der Waals surface area contributed by atoms with E-state index >= 15 is 0 Å². The van der Waals surface area contributed by atoms with Crippen molar-refractivity contribution in [3.05, 3.63) is 112 Å². The molecule has 0 radical (unpaired) electrons. The van der Waals surface area contributed by atoms with Gasteiger partial charge in [0.15, 0.2) is 0 Å². The fraction of sp³-hybridized carbons (Fsp3) is 0.259. The lowest BCUT2D eigenvalue weighted by Crippen LogP contribution is -2.30. The molecule has 3 aliphatic carbocycles. The first-order valence-corrected chi connectivity index (χ1v) is 10.2. The topological polar surface area (TPSA) is 0 Å². The van der Waals surface area contributed by atoms with E-state index < -0.39 is 0 Å². The molecule has 0 fully saturated rings. The molecule has 0 N–H and O–H groups in total. The summed E-state index contributed by atoms with van der Waals surface area (Å²) in [6, 6.07) is 18.2. The van der Waals surface area contributed by atoms with Gasteiger partial charge in [0.1, 0.15) is 0 Å². The molecule has 0 saturated carbocycles. The molecule has 0 spiro atoms. The van der Waals surface area contributed by atoms with Gasteiger partial charge in [0.2, 0.25) is 0 Å². The Balaban J connectivity index is 1.93. The Kier molecular flexibility index (Phi) is 3.82. The van der Waals surface area contributed by atoms with Crippen LogP contribution in [0.5, 0.6) is 0 Å². The molecule has 2 aromatic carbocycles. The minimum Gasteiger partial charge on any atom is -0.0839 e. The molecule has 27 heavy (non-hydrogen) atoms. The molecule has 0 amide bonds. The molecule has 0 heterocycles. The molecular weight excluding hydrogens is 324 g/mol. The minimum atomic E-state index is -0.181. The number of hydrogen-bond acceptors (Lipinski definition) is 0. The smallest absolute Gasteiger partial charge is 0.0707 e. The summed E-state index contributed by atoms with van der Waals surface area (Å²) in [5, 5.41) is 0. The van der Waals surface area contributed by atoms with Crippen molar-refractivity contribution in [3.8, 4) is 0 Å². The van der Waals surface area contributed by atoms with Crippen LogP contribution in [-0.2, 0) is 5.41 Å². The molecular formula is C27H26. The van der Waals surface area contributed by atoms with Gasteiger partial charge < -0.3 is 0 Å². The van der Waals surface area contributed by atoms with Crippen LogP contribution in [0.3, 0.4) is 0 Å². The molecule has 3 aliphatic rings. The van der Waals surface area contributed by atoms with Gasteiger partial charge in [0.25, 0.3) is 0 Å². The maximum Gasteiger partial charge on any atom is 0.0707 e. The number of rotatable bonds is 2. The van der Waals surface area contributed by atoms with Crippen LogP contribution in [0.15, 0.2) is 90.1 Å². The standard InChI is InChI=1S/C27H26/c1-19-16-17-23-25(18-19)27(21-11-5-3-6-12-21,22-13-7-4-8-14-22)24-15-9-10-20(2)26(23)24/h3,5-7,9,11-18,20H,4,8,10H2,1-2H3. The lowest BCUT2D eigenvalue weighted by molar-refractivity contribution is 0.714. The van der Waals surface area contributed by atoms with E-state index in [1.54, 1.807) is 5.57 Å². The predicted octanol–water partition coefficient (Wildman–Crippen LogP) is 6.92. The average molecular weight is 351 g/mol. The summed E-state index contributed by atoms with van der Waals surface area (Å²) >= 11 is 0. The highest BCUT2D eigenvalue weighted by Gasteiger charge is 2.48. The highest BCUT2D eigenvalue weighted by Crippen LogP contribution is 2.58. The highest BCUT2D eigenvalue weighted by atomic mass is 14.5. The third kappa shape index (κ3) is 2.29. The van der Waals surface area contributed by atoms with E-state index in [0.717, 1.165) is 19.3 Å². The van der Waals surface area contributed by atoms with Crippen molar-refractivity contribution in [2.75, 3.05) is 0 Å². The maximum absolute atomic E-state index is 2.47. The summed E-state index contributed by atoms with van der Waals surface area (Å²) in [6.45, 7) is 4.60. The van der Waals surface area contributed by atoms with E-state index in [9.17, 15) is 0 Å². The maximum atomic E-state index is 2.47. The molecule has 0 bridgehead atoms. The van der Waals surface area contributed by atoms with Gasteiger partial charge >= 0.3 is 0 Å². The second-order valence-electron chi connectivity index (χ2n) is 8.17. The van der Waals surface area contributed by atoms with E-state index in [1.165, 1.54) is 33.4 Å². The van der Waals surface area contributed by atoms with Crippen molar-refractivity contribution < 1.29 is 0 Å². The Morgan fingerprint density at radius 1 is 0.926 bits per heavy atom. The largest absolute Gasteiger partial charge is 0.0839 e. The third-order valence-corrected chi connectivity index (χ3v) is 6.47. The summed E-state index contributed by atoms with van der Waals surface area (Å²) in [5.74, 6) is 0.560. The normalized spacial score (nSPS) is 26.0. The fourth-order valence-electron chi connectivity index (χ4n) is 5.32. The Bertz CT molecular complexity index is 1010. The lowest BCUT2D eigenvalue weighted by Gasteiger charge is -2.37. The van der Waals surface area contributed by atoms with Crippen molar-refractivity contribution in [1.29, 1.82) is 0 Å². The molecule has 0 aliphatic heterocycles. The van der Waals surface area contributed by atoms with Gasteiger partial charge in [-0.2, -0.15) is 0 Å². The zero-order valence-electron chi connectivity index (χ0n) is 16.2. The van der Waals surface area contributed by atoms with Crippen molar-refractivity contribution in [3.63, 3.8) is 0 Å². The molecule has 5 rings (SSSR count). The van der Waals surface area contributed by atoms with Gasteiger partial charge in [-0.15, -0.1) is 0 Å². The van der Waals surface area contributed by atoms with Crippen LogP contribution >= 0.6 is 0 Å². The molecule has 0 heteroatoms. The van der Waals surface area contributed by atoms with Gasteiger partial charge in [-0.25, -0.2) is 0 Å². The number of allylic oxidation sites excluding steroid dienone is 8. The fourth-order valence-corrected chi connectivity index (χ4v) is 5.32. The minimum absolute atomic E-state index is 0.181. The van der Waals surface area contributed by atoms with Crippen LogP contribution < -0.4 is 0 Å². The SMILES string of the molecule is Cc1ccc2c(c1)C(C1=CCCC=C1)(c1ccccc1)C1=C2C(C)CC=C1. The van der Waals surface area contributed by atoms with Crippen molar-refractivity contribution in [2.24, 2.45) is 5.92 Å². The first-order chi connectivity index (χ1) is 13.2. The lowest BCUT2D eigenvalue weighted by atomic mass is 9.64. The Hall–Kier alpha value is -2.60. The monoisotopic (exact) mass is 350 g/mol. The highest BCUT2D eigenvalue weighted by molar-refractivity contribution is 5.89. The van der Waals surface area contributed by atoms with Crippen LogP contribution in [0.1, 0.15) is 48.4 Å². The zero-order chi connectivity index (χ0) is 18.4. The number of hydrogen-bond donors (Lipinski definition) is 0. The first-order valence-electron chi connectivity index (χ1n) is 10.2.